The second kappa shape index (κ2) is 8.34. The predicted octanol–water partition coefficient (Wildman–Crippen LogP) is 0.637. The van der Waals surface area contributed by atoms with Crippen molar-refractivity contribution in [2.24, 2.45) is 0 Å². The van der Waals surface area contributed by atoms with Gasteiger partial charge in [-0.1, -0.05) is 11.8 Å². The van der Waals surface area contributed by atoms with Crippen molar-refractivity contribution < 1.29 is 33.0 Å². The number of carbonyl (C=O) groups excluding carboxylic acids is 1. The van der Waals surface area contributed by atoms with Crippen molar-refractivity contribution in [3.05, 3.63) is 29.8 Å². The van der Waals surface area contributed by atoms with Gasteiger partial charge in [0.2, 0.25) is 0 Å². The molecule has 1 aromatic carbocycles. The molecule has 8 nitrogen and oxygen atoms in total. The molecular weight excluding hydrogens is 386 g/mol. The van der Waals surface area contributed by atoms with Crippen molar-refractivity contribution in [2.45, 2.75) is 24.2 Å². The van der Waals surface area contributed by atoms with Gasteiger partial charge >= 0.3 is 12.1 Å². The van der Waals surface area contributed by atoms with Crippen LogP contribution in [0.4, 0.5) is 10.5 Å². The molecule has 0 unspecified atom stereocenters. The minimum atomic E-state index is -3.92. The fourth-order valence-corrected chi connectivity index (χ4v) is 3.39. The van der Waals surface area contributed by atoms with E-state index in [4.69, 9.17) is 9.84 Å². The van der Waals surface area contributed by atoms with Crippen LogP contribution in [-0.2, 0) is 19.4 Å². The second-order valence-corrected chi connectivity index (χ2v) is 8.83. The molecular formula is C19H19NO7S. The average molecular weight is 405 g/mol. The van der Waals surface area contributed by atoms with Gasteiger partial charge in [0.05, 0.1) is 6.54 Å². The SMILES string of the molecule is C[C@@](C[C@H]1CN(c2ccc(C#CC#CCO)cc2)C(=O)O1)(C(=O)O)S(C)(=O)=O. The lowest BCUT2D eigenvalue weighted by atomic mass is 10.0. The van der Waals surface area contributed by atoms with E-state index in [9.17, 15) is 23.1 Å². The lowest BCUT2D eigenvalue weighted by Crippen LogP contribution is -2.46. The number of rotatable bonds is 5. The zero-order valence-corrected chi connectivity index (χ0v) is 16.1. The Morgan fingerprint density at radius 2 is 1.96 bits per heavy atom. The summed E-state index contributed by atoms with van der Waals surface area (Å²) in [4.78, 5) is 24.9. The van der Waals surface area contributed by atoms with Crippen LogP contribution in [0.25, 0.3) is 0 Å². The van der Waals surface area contributed by atoms with E-state index in [2.05, 4.69) is 23.7 Å². The number of aliphatic hydroxyl groups excluding tert-OH is 1. The summed E-state index contributed by atoms with van der Waals surface area (Å²) in [6.45, 7) is 0.866. The summed E-state index contributed by atoms with van der Waals surface area (Å²) in [7, 11) is -3.92. The molecule has 2 rings (SSSR count). The zero-order chi connectivity index (χ0) is 20.9. The topological polar surface area (TPSA) is 121 Å². The number of nitrogens with zero attached hydrogens (tertiary/aromatic N) is 1. The highest BCUT2D eigenvalue weighted by molar-refractivity contribution is 7.92. The molecule has 28 heavy (non-hydrogen) atoms. The van der Waals surface area contributed by atoms with Crippen LogP contribution in [0.3, 0.4) is 0 Å². The maximum atomic E-state index is 12.2. The van der Waals surface area contributed by atoms with Crippen molar-refractivity contribution in [3.8, 4) is 23.7 Å². The van der Waals surface area contributed by atoms with Crippen molar-refractivity contribution >= 4 is 27.6 Å². The Labute approximate surface area is 163 Å². The van der Waals surface area contributed by atoms with Gasteiger partial charge in [-0.25, -0.2) is 13.2 Å². The summed E-state index contributed by atoms with van der Waals surface area (Å²) >= 11 is 0. The van der Waals surface area contributed by atoms with Crippen LogP contribution in [0.5, 0.6) is 0 Å². The third-order valence-electron chi connectivity index (χ3n) is 4.38. The fourth-order valence-electron chi connectivity index (χ4n) is 2.58. The summed E-state index contributed by atoms with van der Waals surface area (Å²) in [5.41, 5.74) is 1.16. The van der Waals surface area contributed by atoms with Gasteiger partial charge in [-0.2, -0.15) is 0 Å². The Bertz CT molecular complexity index is 993. The molecule has 1 fully saturated rings. The number of amides is 1. The van der Waals surface area contributed by atoms with Gasteiger partial charge in [0.25, 0.3) is 0 Å². The zero-order valence-electron chi connectivity index (χ0n) is 15.3. The van der Waals surface area contributed by atoms with E-state index < -0.39 is 32.8 Å². The predicted molar refractivity (Wildman–Crippen MR) is 101 cm³/mol. The molecule has 1 aromatic rings. The third kappa shape index (κ3) is 4.63. The first kappa shape index (κ1) is 21.3. The molecule has 0 saturated carbocycles. The Kier molecular flexibility index (Phi) is 6.34. The molecule has 9 heteroatoms. The van der Waals surface area contributed by atoms with Gasteiger partial charge in [-0.05, 0) is 43.0 Å². The quantitative estimate of drug-likeness (QED) is 0.690. The summed E-state index contributed by atoms with van der Waals surface area (Å²) < 4.78 is 26.9. The molecule has 1 aliphatic rings. The Balaban J connectivity index is 2.14. The van der Waals surface area contributed by atoms with Gasteiger partial charge in [0.1, 0.15) is 12.7 Å². The maximum Gasteiger partial charge on any atom is 0.414 e. The number of ether oxygens (including phenoxy) is 1. The highest BCUT2D eigenvalue weighted by Gasteiger charge is 2.48. The lowest BCUT2D eigenvalue weighted by Gasteiger charge is -2.24. The van der Waals surface area contributed by atoms with E-state index >= 15 is 0 Å². The summed E-state index contributed by atoms with van der Waals surface area (Å²) in [6.07, 6.45) is -1.06. The van der Waals surface area contributed by atoms with E-state index in [1.807, 2.05) is 0 Å². The summed E-state index contributed by atoms with van der Waals surface area (Å²) in [5, 5.41) is 17.9. The fraction of sp³-hybridized carbons (Fsp3) is 0.368. The Hall–Kier alpha value is -3.01. The molecule has 1 saturated heterocycles. The van der Waals surface area contributed by atoms with Crippen molar-refractivity contribution in [3.63, 3.8) is 0 Å². The van der Waals surface area contributed by atoms with Crippen LogP contribution in [0.2, 0.25) is 0 Å². The molecule has 0 aliphatic carbocycles. The Morgan fingerprint density at radius 3 is 2.50 bits per heavy atom. The van der Waals surface area contributed by atoms with Crippen molar-refractivity contribution in [1.29, 1.82) is 0 Å². The molecule has 0 aromatic heterocycles. The lowest BCUT2D eigenvalue weighted by molar-refractivity contribution is -0.140. The highest BCUT2D eigenvalue weighted by atomic mass is 32.2. The number of carbonyl (C=O) groups is 2. The highest BCUT2D eigenvalue weighted by Crippen LogP contribution is 2.30. The van der Waals surface area contributed by atoms with Crippen LogP contribution < -0.4 is 4.90 Å². The normalized spacial score (nSPS) is 18.2. The largest absolute Gasteiger partial charge is 0.480 e. The number of sulfone groups is 1. The standard InChI is InChI=1S/C19H19NO7S/c1-19(17(22)23,28(2,25)26)12-16-13-20(18(24)27-16)15-9-7-14(8-10-15)6-4-3-5-11-21/h7-10,16,21H,11-13H2,1-2H3,(H,22,23)/t16-,19+/m0/s1. The minimum Gasteiger partial charge on any atom is -0.480 e. The van der Waals surface area contributed by atoms with Gasteiger partial charge in [0.15, 0.2) is 14.6 Å². The maximum absolute atomic E-state index is 12.2. The number of hydrogen-bond acceptors (Lipinski definition) is 6. The first-order valence-corrected chi connectivity index (χ1v) is 10.1. The molecule has 2 N–H and O–H groups in total. The Morgan fingerprint density at radius 1 is 1.32 bits per heavy atom. The van der Waals surface area contributed by atoms with Crippen LogP contribution in [0.15, 0.2) is 24.3 Å². The van der Waals surface area contributed by atoms with Crippen molar-refractivity contribution in [2.75, 3.05) is 24.3 Å². The first-order valence-electron chi connectivity index (χ1n) is 8.19. The first-order chi connectivity index (χ1) is 13.1. The smallest absolute Gasteiger partial charge is 0.414 e. The minimum absolute atomic E-state index is 0.0320. The molecule has 2 atom stereocenters. The molecule has 1 aliphatic heterocycles. The van der Waals surface area contributed by atoms with Crippen LogP contribution in [0, 0.1) is 23.7 Å². The number of anilines is 1. The van der Waals surface area contributed by atoms with Crippen LogP contribution in [0.1, 0.15) is 18.9 Å². The molecule has 148 valence electrons. The number of aliphatic hydroxyl groups is 1. The van der Waals surface area contributed by atoms with E-state index in [0.717, 1.165) is 13.2 Å². The number of aliphatic carboxylic acids is 1. The van der Waals surface area contributed by atoms with Crippen LogP contribution >= 0.6 is 0 Å². The van der Waals surface area contributed by atoms with Gasteiger partial charge < -0.3 is 14.9 Å². The monoisotopic (exact) mass is 405 g/mol. The molecule has 0 bridgehead atoms. The summed E-state index contributed by atoms with van der Waals surface area (Å²) in [6, 6.07) is 6.61. The second-order valence-electron chi connectivity index (χ2n) is 6.39. The van der Waals surface area contributed by atoms with Gasteiger partial charge in [-0.3, -0.25) is 9.69 Å². The number of carboxylic acid groups (broad SMARTS) is 1. The molecule has 1 heterocycles. The van der Waals surface area contributed by atoms with Gasteiger partial charge in [-0.15, -0.1) is 0 Å². The van der Waals surface area contributed by atoms with E-state index in [1.165, 1.54) is 4.90 Å². The number of cyclic esters (lactones) is 1. The average Bonchev–Trinajstić information content (AvgIpc) is 2.98. The summed E-state index contributed by atoms with van der Waals surface area (Å²) in [5.74, 6) is 8.72. The molecule has 1 amide bonds. The number of benzene rings is 1. The molecule has 0 spiro atoms. The van der Waals surface area contributed by atoms with E-state index in [-0.39, 0.29) is 19.6 Å². The third-order valence-corrected chi connectivity index (χ3v) is 6.36. The molecule has 0 radical (unpaired) electrons. The van der Waals surface area contributed by atoms with Crippen molar-refractivity contribution in [1.82, 2.24) is 0 Å². The van der Waals surface area contributed by atoms with E-state index in [1.54, 1.807) is 24.3 Å². The van der Waals surface area contributed by atoms with E-state index in [0.29, 0.717) is 11.3 Å². The van der Waals surface area contributed by atoms with Gasteiger partial charge in [0, 0.05) is 23.9 Å². The number of carboxylic acids is 1. The number of hydrogen-bond donors (Lipinski definition) is 2. The van der Waals surface area contributed by atoms with Crippen LogP contribution in [-0.4, -0.2) is 61.0 Å².